The van der Waals surface area contributed by atoms with Crippen LogP contribution in [-0.4, -0.2) is 8.42 Å². The zero-order valence-corrected chi connectivity index (χ0v) is 9.94. The number of aryl methyl sites for hydroxylation is 2. The smallest absolute Gasteiger partial charge is 0.261 e. The molecule has 0 bridgehead atoms. The van der Waals surface area contributed by atoms with Crippen molar-refractivity contribution in [2.45, 2.75) is 24.2 Å². The average Bonchev–Trinajstić information content (AvgIpc) is 2.74. The molecule has 1 aromatic heterocycles. The van der Waals surface area contributed by atoms with Crippen molar-refractivity contribution in [3.8, 4) is 0 Å². The molecule has 1 aliphatic rings. The van der Waals surface area contributed by atoms with Crippen LogP contribution in [0.3, 0.4) is 0 Å². The zero-order valence-electron chi connectivity index (χ0n) is 8.36. The monoisotopic (exact) mass is 256 g/mol. The Morgan fingerprint density at radius 2 is 2.06 bits per heavy atom. The summed E-state index contributed by atoms with van der Waals surface area (Å²) in [7, 11) is 1.61. The maximum absolute atomic E-state index is 11.2. The molecule has 3 nitrogen and oxygen atoms in total. The van der Waals surface area contributed by atoms with Crippen LogP contribution in [0.4, 0.5) is 0 Å². The molecule has 0 aliphatic heterocycles. The fraction of sp³-hybridized carbons (Fsp3) is 0.273. The van der Waals surface area contributed by atoms with Gasteiger partial charge >= 0.3 is 0 Å². The van der Waals surface area contributed by atoms with Crippen molar-refractivity contribution in [3.05, 3.63) is 29.5 Å². The predicted octanol–water partition coefficient (Wildman–Crippen LogP) is 2.85. The summed E-state index contributed by atoms with van der Waals surface area (Å²) in [5.41, 5.74) is 1.83. The molecular weight excluding hydrogens is 248 g/mol. The molecule has 0 radical (unpaired) electrons. The number of furan rings is 1. The third-order valence-electron chi connectivity index (χ3n) is 2.96. The standard InChI is InChI=1S/C11H9ClO3S/c12-16(13,14)7-4-5-9-8-2-1-3-10(8)15-11(9)6-7/h4-6H,1-3H2. The Morgan fingerprint density at radius 1 is 1.25 bits per heavy atom. The first-order valence-electron chi connectivity index (χ1n) is 5.05. The first-order chi connectivity index (χ1) is 7.55. The molecule has 0 spiro atoms. The largest absolute Gasteiger partial charge is 0.461 e. The van der Waals surface area contributed by atoms with Gasteiger partial charge in [0.15, 0.2) is 0 Å². The number of hydrogen-bond acceptors (Lipinski definition) is 3. The maximum atomic E-state index is 11.2. The van der Waals surface area contributed by atoms with Crippen molar-refractivity contribution in [2.24, 2.45) is 0 Å². The van der Waals surface area contributed by atoms with E-state index in [9.17, 15) is 8.42 Å². The van der Waals surface area contributed by atoms with Gasteiger partial charge in [-0.3, -0.25) is 0 Å². The van der Waals surface area contributed by atoms with Gasteiger partial charge < -0.3 is 4.42 Å². The summed E-state index contributed by atoms with van der Waals surface area (Å²) < 4.78 is 28.0. The Balaban J connectivity index is 2.28. The first kappa shape index (κ1) is 10.2. The number of benzene rings is 1. The lowest BCUT2D eigenvalue weighted by Crippen LogP contribution is -1.89. The van der Waals surface area contributed by atoms with Gasteiger partial charge in [-0.1, -0.05) is 0 Å². The van der Waals surface area contributed by atoms with E-state index in [0.717, 1.165) is 30.4 Å². The Hall–Kier alpha value is -1.00. The molecule has 0 saturated carbocycles. The molecule has 0 saturated heterocycles. The predicted molar refractivity (Wildman–Crippen MR) is 61.3 cm³/mol. The second-order valence-electron chi connectivity index (χ2n) is 3.95. The van der Waals surface area contributed by atoms with E-state index in [-0.39, 0.29) is 4.90 Å². The SMILES string of the molecule is O=S(=O)(Cl)c1ccc2c3c(oc2c1)CCC3. The van der Waals surface area contributed by atoms with Crippen LogP contribution < -0.4 is 0 Å². The average molecular weight is 257 g/mol. The molecule has 84 valence electrons. The number of hydrogen-bond donors (Lipinski definition) is 0. The molecule has 1 aromatic carbocycles. The summed E-state index contributed by atoms with van der Waals surface area (Å²) in [6.07, 6.45) is 3.06. The van der Waals surface area contributed by atoms with Crippen molar-refractivity contribution in [1.29, 1.82) is 0 Å². The third-order valence-corrected chi connectivity index (χ3v) is 4.31. The van der Waals surface area contributed by atoms with Crippen LogP contribution in [0, 0.1) is 0 Å². The Kier molecular flexibility index (Phi) is 2.06. The van der Waals surface area contributed by atoms with Crippen molar-refractivity contribution >= 4 is 30.7 Å². The highest BCUT2D eigenvalue weighted by Crippen LogP contribution is 2.34. The summed E-state index contributed by atoms with van der Waals surface area (Å²) in [4.78, 5) is 0.0918. The first-order valence-corrected chi connectivity index (χ1v) is 7.35. The van der Waals surface area contributed by atoms with E-state index < -0.39 is 9.05 Å². The fourth-order valence-corrected chi connectivity index (χ4v) is 3.00. The van der Waals surface area contributed by atoms with Gasteiger partial charge in [-0.05, 0) is 25.0 Å². The molecule has 2 aromatic rings. The Bertz CT molecular complexity index is 670. The van der Waals surface area contributed by atoms with Crippen molar-refractivity contribution < 1.29 is 12.8 Å². The maximum Gasteiger partial charge on any atom is 0.261 e. The summed E-state index contributed by atoms with van der Waals surface area (Å²) in [5, 5.41) is 1.01. The topological polar surface area (TPSA) is 47.3 Å². The van der Waals surface area contributed by atoms with Gasteiger partial charge in [0.05, 0.1) is 4.90 Å². The van der Waals surface area contributed by atoms with Gasteiger partial charge in [0.2, 0.25) is 0 Å². The summed E-state index contributed by atoms with van der Waals surface area (Å²) in [6.45, 7) is 0. The van der Waals surface area contributed by atoms with E-state index in [1.54, 1.807) is 6.07 Å². The molecule has 1 heterocycles. The highest BCUT2D eigenvalue weighted by Gasteiger charge is 2.20. The van der Waals surface area contributed by atoms with E-state index in [2.05, 4.69) is 0 Å². The van der Waals surface area contributed by atoms with E-state index in [0.29, 0.717) is 5.58 Å². The van der Waals surface area contributed by atoms with Crippen molar-refractivity contribution in [2.75, 3.05) is 0 Å². The van der Waals surface area contributed by atoms with Gasteiger partial charge in [0.25, 0.3) is 9.05 Å². The summed E-state index contributed by atoms with van der Waals surface area (Å²) in [6, 6.07) is 4.80. The number of fused-ring (bicyclic) bond motifs is 3. The number of halogens is 1. The molecular formula is C11H9ClO3S. The molecule has 0 amide bonds. The van der Waals surface area contributed by atoms with Crippen LogP contribution in [0.1, 0.15) is 17.7 Å². The molecule has 16 heavy (non-hydrogen) atoms. The molecule has 0 fully saturated rings. The minimum atomic E-state index is -3.67. The van der Waals surface area contributed by atoms with E-state index in [4.69, 9.17) is 15.1 Å². The van der Waals surface area contributed by atoms with Crippen LogP contribution in [0.5, 0.6) is 0 Å². The second-order valence-corrected chi connectivity index (χ2v) is 6.52. The highest BCUT2D eigenvalue weighted by molar-refractivity contribution is 8.13. The number of rotatable bonds is 1. The minimum absolute atomic E-state index is 0.0918. The third kappa shape index (κ3) is 1.44. The molecule has 3 rings (SSSR count). The Morgan fingerprint density at radius 3 is 2.81 bits per heavy atom. The van der Waals surface area contributed by atoms with Crippen molar-refractivity contribution in [3.63, 3.8) is 0 Å². The molecule has 0 atom stereocenters. The van der Waals surface area contributed by atoms with Crippen LogP contribution in [0.15, 0.2) is 27.5 Å². The lowest BCUT2D eigenvalue weighted by atomic mass is 10.1. The van der Waals surface area contributed by atoms with Crippen LogP contribution in [0.25, 0.3) is 11.0 Å². The van der Waals surface area contributed by atoms with Crippen molar-refractivity contribution in [1.82, 2.24) is 0 Å². The zero-order chi connectivity index (χ0) is 11.3. The fourth-order valence-electron chi connectivity index (χ4n) is 2.23. The highest BCUT2D eigenvalue weighted by atomic mass is 35.7. The van der Waals surface area contributed by atoms with Crippen LogP contribution in [0.2, 0.25) is 0 Å². The molecule has 5 heteroatoms. The van der Waals surface area contributed by atoms with Gasteiger partial charge in [0, 0.05) is 34.1 Å². The Labute approximate surface area is 97.4 Å². The van der Waals surface area contributed by atoms with Gasteiger partial charge in [-0.15, -0.1) is 0 Å². The van der Waals surface area contributed by atoms with Gasteiger partial charge in [-0.25, -0.2) is 8.42 Å². The molecule has 0 unspecified atom stereocenters. The summed E-state index contributed by atoms with van der Waals surface area (Å²) in [5.74, 6) is 0.985. The molecule has 1 aliphatic carbocycles. The quantitative estimate of drug-likeness (QED) is 0.737. The van der Waals surface area contributed by atoms with Gasteiger partial charge in [0.1, 0.15) is 11.3 Å². The summed E-state index contributed by atoms with van der Waals surface area (Å²) >= 11 is 0. The van der Waals surface area contributed by atoms with Crippen LogP contribution >= 0.6 is 10.7 Å². The van der Waals surface area contributed by atoms with E-state index in [1.807, 2.05) is 0 Å². The lowest BCUT2D eigenvalue weighted by molar-refractivity contribution is 0.555. The second kappa shape index (κ2) is 3.25. The normalized spacial score (nSPS) is 15.6. The molecule has 0 N–H and O–H groups in total. The van der Waals surface area contributed by atoms with E-state index >= 15 is 0 Å². The lowest BCUT2D eigenvalue weighted by Gasteiger charge is -1.96. The van der Waals surface area contributed by atoms with Gasteiger partial charge in [-0.2, -0.15) is 0 Å². The minimum Gasteiger partial charge on any atom is -0.461 e. The van der Waals surface area contributed by atoms with Crippen LogP contribution in [-0.2, 0) is 21.9 Å². The van der Waals surface area contributed by atoms with E-state index in [1.165, 1.54) is 17.7 Å².